The molecule has 1 aliphatic rings. The van der Waals surface area contributed by atoms with Crippen LogP contribution in [0.3, 0.4) is 0 Å². The van der Waals surface area contributed by atoms with E-state index in [-0.39, 0.29) is 11.8 Å². The SMILES string of the molecule is CCN(CC)c1ccc(NC(=O)C2CCN(c3ccc(-c4cccnc4)nn3)CC2)cc1. The van der Waals surface area contributed by atoms with Crippen LogP contribution in [0.1, 0.15) is 26.7 Å². The summed E-state index contributed by atoms with van der Waals surface area (Å²) in [5, 5.41) is 11.8. The summed E-state index contributed by atoms with van der Waals surface area (Å²) in [6.07, 6.45) is 5.13. The second kappa shape index (κ2) is 10.2. The summed E-state index contributed by atoms with van der Waals surface area (Å²) in [5.41, 5.74) is 3.79. The Morgan fingerprint density at radius 3 is 2.38 bits per heavy atom. The lowest BCUT2D eigenvalue weighted by molar-refractivity contribution is -0.120. The largest absolute Gasteiger partial charge is 0.372 e. The molecule has 7 heteroatoms. The maximum absolute atomic E-state index is 12.8. The summed E-state index contributed by atoms with van der Waals surface area (Å²) in [6.45, 7) is 7.81. The topological polar surface area (TPSA) is 74.2 Å². The van der Waals surface area contributed by atoms with E-state index in [1.54, 1.807) is 12.4 Å². The highest BCUT2D eigenvalue weighted by Gasteiger charge is 2.26. The quantitative estimate of drug-likeness (QED) is 0.604. The molecule has 0 bridgehead atoms. The Hall–Kier alpha value is -3.48. The van der Waals surface area contributed by atoms with E-state index in [4.69, 9.17) is 0 Å². The number of nitrogens with zero attached hydrogens (tertiary/aromatic N) is 5. The first-order valence-corrected chi connectivity index (χ1v) is 11.3. The van der Waals surface area contributed by atoms with Crippen molar-refractivity contribution in [2.45, 2.75) is 26.7 Å². The van der Waals surface area contributed by atoms with Crippen LogP contribution in [-0.4, -0.2) is 47.3 Å². The molecule has 3 aromatic rings. The van der Waals surface area contributed by atoms with Gasteiger partial charge in [0.05, 0.1) is 5.69 Å². The number of rotatable bonds is 7. The van der Waals surface area contributed by atoms with Gasteiger partial charge in [0.25, 0.3) is 0 Å². The number of carbonyl (C=O) groups excluding carboxylic acids is 1. The standard InChI is InChI=1S/C25H30N6O/c1-3-30(4-2)22-9-7-21(8-10-22)27-25(32)19-13-16-31(17-14-19)24-12-11-23(28-29-24)20-6-5-15-26-18-20/h5-12,15,18-19H,3-4,13-14,16-17H2,1-2H3,(H,27,32). The van der Waals surface area contributed by atoms with Crippen LogP contribution in [0, 0.1) is 5.92 Å². The van der Waals surface area contributed by atoms with Gasteiger partial charge >= 0.3 is 0 Å². The molecule has 32 heavy (non-hydrogen) atoms. The molecular weight excluding hydrogens is 400 g/mol. The molecule has 1 aliphatic heterocycles. The molecule has 0 unspecified atom stereocenters. The Morgan fingerprint density at radius 1 is 1.03 bits per heavy atom. The molecule has 166 valence electrons. The van der Waals surface area contributed by atoms with Crippen molar-refractivity contribution in [2.24, 2.45) is 5.92 Å². The molecule has 2 aromatic heterocycles. The molecular formula is C25H30N6O. The monoisotopic (exact) mass is 430 g/mol. The third-order valence-corrected chi connectivity index (χ3v) is 6.06. The van der Waals surface area contributed by atoms with Crippen LogP contribution in [0.15, 0.2) is 60.9 Å². The zero-order valence-electron chi connectivity index (χ0n) is 18.7. The molecule has 0 spiro atoms. The Bertz CT molecular complexity index is 995. The number of piperidine rings is 1. The van der Waals surface area contributed by atoms with Gasteiger partial charge in [-0.25, -0.2) is 0 Å². The summed E-state index contributed by atoms with van der Waals surface area (Å²) in [5.74, 6) is 0.957. The number of nitrogens with one attached hydrogen (secondary N) is 1. The predicted octanol–water partition coefficient (Wildman–Crippen LogP) is 4.24. The average molecular weight is 431 g/mol. The molecule has 1 saturated heterocycles. The highest BCUT2D eigenvalue weighted by Crippen LogP contribution is 2.25. The van der Waals surface area contributed by atoms with Crippen molar-refractivity contribution in [3.8, 4) is 11.3 Å². The third kappa shape index (κ3) is 5.04. The lowest BCUT2D eigenvalue weighted by Gasteiger charge is -2.31. The molecule has 0 atom stereocenters. The Labute approximate surface area is 189 Å². The number of benzene rings is 1. The smallest absolute Gasteiger partial charge is 0.227 e. The first-order chi connectivity index (χ1) is 15.7. The number of aromatic nitrogens is 3. The fourth-order valence-corrected chi connectivity index (χ4v) is 4.12. The maximum Gasteiger partial charge on any atom is 0.227 e. The minimum absolute atomic E-state index is 0.0105. The summed E-state index contributed by atoms with van der Waals surface area (Å²) < 4.78 is 0. The van der Waals surface area contributed by atoms with Crippen LogP contribution in [-0.2, 0) is 4.79 Å². The first kappa shape index (κ1) is 21.7. The van der Waals surface area contributed by atoms with Crippen molar-refractivity contribution in [1.82, 2.24) is 15.2 Å². The average Bonchev–Trinajstić information content (AvgIpc) is 2.86. The number of amides is 1. The molecule has 4 rings (SSSR count). The molecule has 0 aliphatic carbocycles. The van der Waals surface area contributed by atoms with Crippen molar-refractivity contribution in [2.75, 3.05) is 41.3 Å². The van der Waals surface area contributed by atoms with Crippen molar-refractivity contribution >= 4 is 23.1 Å². The van der Waals surface area contributed by atoms with Crippen LogP contribution >= 0.6 is 0 Å². The molecule has 1 amide bonds. The van der Waals surface area contributed by atoms with Crippen molar-refractivity contribution in [3.05, 3.63) is 60.9 Å². The van der Waals surface area contributed by atoms with Crippen molar-refractivity contribution in [1.29, 1.82) is 0 Å². The molecule has 7 nitrogen and oxygen atoms in total. The van der Waals surface area contributed by atoms with Gasteiger partial charge in [-0.05, 0) is 75.2 Å². The van der Waals surface area contributed by atoms with E-state index in [0.29, 0.717) is 0 Å². The van der Waals surface area contributed by atoms with Gasteiger partial charge in [0.1, 0.15) is 0 Å². The highest BCUT2D eigenvalue weighted by atomic mass is 16.1. The second-order valence-electron chi connectivity index (χ2n) is 7.99. The number of carbonyl (C=O) groups is 1. The van der Waals surface area contributed by atoms with Crippen LogP contribution in [0.25, 0.3) is 11.3 Å². The minimum atomic E-state index is 0.0105. The Morgan fingerprint density at radius 2 is 1.78 bits per heavy atom. The van der Waals surface area contributed by atoms with Gasteiger partial charge in [0.15, 0.2) is 5.82 Å². The van der Waals surface area contributed by atoms with E-state index in [0.717, 1.165) is 61.8 Å². The zero-order valence-corrected chi connectivity index (χ0v) is 18.7. The number of hydrogen-bond donors (Lipinski definition) is 1. The molecule has 1 fully saturated rings. The van der Waals surface area contributed by atoms with E-state index in [2.05, 4.69) is 56.3 Å². The fraction of sp³-hybridized carbons (Fsp3) is 0.360. The Balaban J connectivity index is 1.30. The van der Waals surface area contributed by atoms with Crippen molar-refractivity contribution < 1.29 is 4.79 Å². The molecule has 0 saturated carbocycles. The van der Waals surface area contributed by atoms with Gasteiger partial charge < -0.3 is 15.1 Å². The van der Waals surface area contributed by atoms with Crippen molar-refractivity contribution in [3.63, 3.8) is 0 Å². The summed E-state index contributed by atoms with van der Waals surface area (Å²) in [4.78, 5) is 21.4. The second-order valence-corrected chi connectivity index (χ2v) is 7.99. The number of pyridine rings is 1. The zero-order chi connectivity index (χ0) is 22.3. The van der Waals surface area contributed by atoms with Gasteiger partial charge in [-0.3, -0.25) is 9.78 Å². The van der Waals surface area contributed by atoms with Gasteiger partial charge in [-0.1, -0.05) is 0 Å². The van der Waals surface area contributed by atoms with Gasteiger partial charge in [0, 0.05) is 61.4 Å². The Kier molecular flexibility index (Phi) is 6.94. The molecule has 1 N–H and O–H groups in total. The van der Waals surface area contributed by atoms with E-state index < -0.39 is 0 Å². The third-order valence-electron chi connectivity index (χ3n) is 6.06. The van der Waals surface area contributed by atoms with E-state index in [9.17, 15) is 4.79 Å². The first-order valence-electron chi connectivity index (χ1n) is 11.3. The van der Waals surface area contributed by atoms with Crippen LogP contribution < -0.4 is 15.1 Å². The fourth-order valence-electron chi connectivity index (χ4n) is 4.12. The molecule has 0 radical (unpaired) electrons. The van der Waals surface area contributed by atoms with Crippen LogP contribution in [0.2, 0.25) is 0 Å². The summed E-state index contributed by atoms with van der Waals surface area (Å²) >= 11 is 0. The molecule has 3 heterocycles. The van der Waals surface area contributed by atoms with E-state index >= 15 is 0 Å². The molecule has 1 aromatic carbocycles. The maximum atomic E-state index is 12.8. The lowest BCUT2D eigenvalue weighted by atomic mass is 9.95. The predicted molar refractivity (Wildman–Crippen MR) is 129 cm³/mol. The van der Waals surface area contributed by atoms with Gasteiger partial charge in [-0.2, -0.15) is 0 Å². The van der Waals surface area contributed by atoms with Gasteiger partial charge in [-0.15, -0.1) is 10.2 Å². The lowest BCUT2D eigenvalue weighted by Crippen LogP contribution is -2.38. The number of hydrogen-bond acceptors (Lipinski definition) is 6. The van der Waals surface area contributed by atoms with Crippen LogP contribution in [0.5, 0.6) is 0 Å². The summed E-state index contributed by atoms with van der Waals surface area (Å²) in [7, 11) is 0. The number of anilines is 3. The highest BCUT2D eigenvalue weighted by molar-refractivity contribution is 5.92. The normalized spacial score (nSPS) is 14.2. The minimum Gasteiger partial charge on any atom is -0.372 e. The summed E-state index contributed by atoms with van der Waals surface area (Å²) in [6, 6.07) is 15.9. The van der Waals surface area contributed by atoms with Gasteiger partial charge in [0.2, 0.25) is 5.91 Å². The van der Waals surface area contributed by atoms with Crippen LogP contribution in [0.4, 0.5) is 17.2 Å². The van der Waals surface area contributed by atoms with E-state index in [1.807, 2.05) is 36.4 Å². The van der Waals surface area contributed by atoms with E-state index in [1.165, 1.54) is 5.69 Å².